The Bertz CT molecular complexity index is 1180. The zero-order valence-corrected chi connectivity index (χ0v) is 16.2. The van der Waals surface area contributed by atoms with E-state index in [4.69, 9.17) is 10.5 Å². The molecule has 0 saturated heterocycles. The van der Waals surface area contributed by atoms with Crippen LogP contribution in [0, 0.1) is 25.2 Å². The largest absolute Gasteiger partial charge is 0.420 e. The number of nitrogens with one attached hydrogen (secondary N) is 1. The molecule has 5 nitrogen and oxygen atoms in total. The summed E-state index contributed by atoms with van der Waals surface area (Å²) in [6, 6.07) is 9.03. The summed E-state index contributed by atoms with van der Waals surface area (Å²) in [7, 11) is 0. The van der Waals surface area contributed by atoms with Crippen LogP contribution >= 0.6 is 11.3 Å². The van der Waals surface area contributed by atoms with Crippen LogP contribution in [0.15, 0.2) is 41.8 Å². The standard InChI is InChI=1S/C20H15F3N4OS/c1-9-7-12(10(2)29-9)17-16-15(11-5-3-4-6-14(11)20(21,22)23)13(8-24)18(25)28-19(16)27-26-17/h3-7,15H,25H2,1-2H3,(H,26,27)/t15-/m1/s1. The number of H-pyrrole nitrogens is 1. The molecule has 3 N–H and O–H groups in total. The van der Waals surface area contributed by atoms with Gasteiger partial charge in [-0.2, -0.15) is 18.4 Å². The van der Waals surface area contributed by atoms with Crippen LogP contribution in [0.25, 0.3) is 11.3 Å². The molecule has 1 aliphatic heterocycles. The molecule has 0 fully saturated rings. The Morgan fingerprint density at radius 3 is 2.62 bits per heavy atom. The number of nitrogens with zero attached hydrogens (tertiary/aromatic N) is 2. The van der Waals surface area contributed by atoms with Crippen molar-refractivity contribution in [2.75, 3.05) is 0 Å². The van der Waals surface area contributed by atoms with Gasteiger partial charge in [-0.15, -0.1) is 16.4 Å². The van der Waals surface area contributed by atoms with Gasteiger partial charge in [-0.3, -0.25) is 5.10 Å². The van der Waals surface area contributed by atoms with Crippen molar-refractivity contribution >= 4 is 11.3 Å². The third-order valence-electron chi connectivity index (χ3n) is 4.83. The predicted molar refractivity (Wildman–Crippen MR) is 102 cm³/mol. The van der Waals surface area contributed by atoms with Crippen LogP contribution in [-0.2, 0) is 6.18 Å². The number of allylic oxidation sites excluding steroid dienone is 1. The lowest BCUT2D eigenvalue weighted by atomic mass is 9.81. The molecule has 0 saturated carbocycles. The second-order valence-electron chi connectivity index (χ2n) is 6.65. The number of nitriles is 1. The topological polar surface area (TPSA) is 87.7 Å². The summed E-state index contributed by atoms with van der Waals surface area (Å²) in [6.07, 6.45) is -4.59. The summed E-state index contributed by atoms with van der Waals surface area (Å²) in [5.41, 5.74) is 6.58. The molecule has 3 heterocycles. The first-order valence-corrected chi connectivity index (χ1v) is 9.43. The van der Waals surface area contributed by atoms with Gasteiger partial charge in [0.15, 0.2) is 0 Å². The highest BCUT2D eigenvalue weighted by molar-refractivity contribution is 7.12. The lowest BCUT2D eigenvalue weighted by Gasteiger charge is -2.26. The van der Waals surface area contributed by atoms with Crippen molar-refractivity contribution in [3.63, 3.8) is 0 Å². The quantitative estimate of drug-likeness (QED) is 0.616. The maximum Gasteiger partial charge on any atom is 0.416 e. The summed E-state index contributed by atoms with van der Waals surface area (Å²) in [4.78, 5) is 2.01. The van der Waals surface area contributed by atoms with Crippen molar-refractivity contribution in [2.24, 2.45) is 5.73 Å². The van der Waals surface area contributed by atoms with Crippen LogP contribution in [0.4, 0.5) is 13.2 Å². The number of aromatic nitrogens is 2. The van der Waals surface area contributed by atoms with Gasteiger partial charge in [-0.25, -0.2) is 0 Å². The number of thiophene rings is 1. The number of nitrogens with two attached hydrogens (primary N) is 1. The van der Waals surface area contributed by atoms with Gasteiger partial charge in [0, 0.05) is 15.3 Å². The Balaban J connectivity index is 2.03. The van der Waals surface area contributed by atoms with Gasteiger partial charge in [0.25, 0.3) is 0 Å². The number of halogens is 3. The summed E-state index contributed by atoms with van der Waals surface area (Å²) < 4.78 is 46.7. The smallest absolute Gasteiger partial charge is 0.416 e. The van der Waals surface area contributed by atoms with Gasteiger partial charge >= 0.3 is 6.18 Å². The maximum atomic E-state index is 13.7. The Morgan fingerprint density at radius 1 is 1.28 bits per heavy atom. The molecule has 0 spiro atoms. The molecule has 29 heavy (non-hydrogen) atoms. The molecule has 0 radical (unpaired) electrons. The number of rotatable bonds is 2. The van der Waals surface area contributed by atoms with Gasteiger partial charge in [0.05, 0.1) is 22.7 Å². The molecule has 148 valence electrons. The first-order valence-electron chi connectivity index (χ1n) is 8.61. The molecule has 3 aromatic rings. The Kier molecular flexibility index (Phi) is 4.39. The van der Waals surface area contributed by atoms with Crippen LogP contribution in [0.1, 0.15) is 32.4 Å². The third-order valence-corrected chi connectivity index (χ3v) is 5.79. The summed E-state index contributed by atoms with van der Waals surface area (Å²) in [5.74, 6) is -1.24. The first-order chi connectivity index (χ1) is 13.7. The molecular formula is C20H15F3N4OS. The summed E-state index contributed by atoms with van der Waals surface area (Å²) >= 11 is 1.56. The van der Waals surface area contributed by atoms with Crippen LogP contribution in [-0.4, -0.2) is 10.2 Å². The van der Waals surface area contributed by atoms with Gasteiger partial charge in [0.2, 0.25) is 11.8 Å². The number of fused-ring (bicyclic) bond motifs is 1. The monoisotopic (exact) mass is 416 g/mol. The first kappa shape index (κ1) is 19.1. The fourth-order valence-electron chi connectivity index (χ4n) is 3.65. The fraction of sp³-hybridized carbons (Fsp3) is 0.200. The second kappa shape index (κ2) is 6.67. The van der Waals surface area contributed by atoms with E-state index in [2.05, 4.69) is 10.2 Å². The van der Waals surface area contributed by atoms with Crippen molar-refractivity contribution in [3.05, 3.63) is 68.2 Å². The maximum absolute atomic E-state index is 13.7. The lowest BCUT2D eigenvalue weighted by Crippen LogP contribution is -2.23. The minimum Gasteiger partial charge on any atom is -0.420 e. The molecule has 1 atom stereocenters. The van der Waals surface area contributed by atoms with Gasteiger partial charge in [-0.1, -0.05) is 18.2 Å². The Hall–Kier alpha value is -3.25. The molecule has 0 amide bonds. The van der Waals surface area contributed by atoms with E-state index in [1.807, 2.05) is 26.0 Å². The SMILES string of the molecule is Cc1cc(-c2[nH]nc3c2[C@H](c2ccccc2C(F)(F)F)C(C#N)=C(N)O3)c(C)s1. The molecular weight excluding hydrogens is 401 g/mol. The Morgan fingerprint density at radius 2 is 2.00 bits per heavy atom. The molecule has 2 aromatic heterocycles. The van der Waals surface area contributed by atoms with E-state index < -0.39 is 17.7 Å². The zero-order chi connectivity index (χ0) is 20.9. The van der Waals surface area contributed by atoms with Gasteiger partial charge < -0.3 is 10.5 Å². The van der Waals surface area contributed by atoms with E-state index in [1.54, 1.807) is 11.3 Å². The van der Waals surface area contributed by atoms with E-state index in [1.165, 1.54) is 18.2 Å². The van der Waals surface area contributed by atoms with Crippen molar-refractivity contribution in [2.45, 2.75) is 25.9 Å². The summed E-state index contributed by atoms with van der Waals surface area (Å²) in [5, 5.41) is 16.7. The van der Waals surface area contributed by atoms with E-state index in [9.17, 15) is 18.4 Å². The van der Waals surface area contributed by atoms with E-state index in [0.717, 1.165) is 21.4 Å². The van der Waals surface area contributed by atoms with E-state index in [0.29, 0.717) is 11.3 Å². The molecule has 1 aromatic carbocycles. The number of alkyl halides is 3. The number of hydrogen-bond donors (Lipinski definition) is 2. The zero-order valence-electron chi connectivity index (χ0n) is 15.4. The molecule has 4 rings (SSSR count). The summed E-state index contributed by atoms with van der Waals surface area (Å²) in [6.45, 7) is 3.85. The highest BCUT2D eigenvalue weighted by Gasteiger charge is 2.41. The highest BCUT2D eigenvalue weighted by Crippen LogP contribution is 2.49. The molecule has 1 aliphatic rings. The van der Waals surface area contributed by atoms with Crippen molar-refractivity contribution in [3.8, 4) is 23.2 Å². The predicted octanol–water partition coefficient (Wildman–Crippen LogP) is 4.99. The average Bonchev–Trinajstić information content (AvgIpc) is 3.21. The minimum atomic E-state index is -4.59. The van der Waals surface area contributed by atoms with Crippen LogP contribution in [0.3, 0.4) is 0 Å². The van der Waals surface area contributed by atoms with Crippen LogP contribution < -0.4 is 10.5 Å². The number of aryl methyl sites for hydroxylation is 2. The van der Waals surface area contributed by atoms with Gasteiger partial charge in [0.1, 0.15) is 11.6 Å². The van der Waals surface area contributed by atoms with Crippen molar-refractivity contribution in [1.82, 2.24) is 10.2 Å². The lowest BCUT2D eigenvalue weighted by molar-refractivity contribution is -0.138. The van der Waals surface area contributed by atoms with Gasteiger partial charge in [-0.05, 0) is 31.5 Å². The Labute approximate surface area is 168 Å². The number of ether oxygens (including phenoxy) is 1. The van der Waals surface area contributed by atoms with E-state index in [-0.39, 0.29) is 22.9 Å². The normalized spacial score (nSPS) is 16.3. The molecule has 0 bridgehead atoms. The van der Waals surface area contributed by atoms with Crippen LogP contribution in [0.2, 0.25) is 0 Å². The van der Waals surface area contributed by atoms with Crippen molar-refractivity contribution < 1.29 is 17.9 Å². The second-order valence-corrected chi connectivity index (χ2v) is 8.11. The fourth-order valence-corrected chi connectivity index (χ4v) is 4.58. The number of benzene rings is 1. The minimum absolute atomic E-state index is 0.0710. The molecule has 0 aliphatic carbocycles. The number of aromatic amines is 1. The average molecular weight is 416 g/mol. The molecule has 9 heteroatoms. The molecule has 0 unspecified atom stereocenters. The highest BCUT2D eigenvalue weighted by atomic mass is 32.1. The third kappa shape index (κ3) is 3.06. The van der Waals surface area contributed by atoms with E-state index >= 15 is 0 Å². The number of hydrogen-bond acceptors (Lipinski definition) is 5. The van der Waals surface area contributed by atoms with Crippen LogP contribution in [0.5, 0.6) is 5.88 Å². The van der Waals surface area contributed by atoms with Crippen molar-refractivity contribution in [1.29, 1.82) is 5.26 Å².